The van der Waals surface area contributed by atoms with E-state index in [0.29, 0.717) is 15.2 Å². The van der Waals surface area contributed by atoms with E-state index in [2.05, 4.69) is 31.2 Å². The van der Waals surface area contributed by atoms with Gasteiger partial charge in [0, 0.05) is 15.6 Å². The molecule has 1 heterocycles. The molecule has 0 bridgehead atoms. The molecule has 0 saturated carbocycles. The minimum absolute atomic E-state index is 0.0806. The van der Waals surface area contributed by atoms with Crippen LogP contribution in [0.1, 0.15) is 11.3 Å². The second-order valence-corrected chi connectivity index (χ2v) is 5.71. The molecule has 3 nitrogen and oxygen atoms in total. The Hall–Kier alpha value is -1.05. The molecule has 112 valence electrons. The Kier molecular flexibility index (Phi) is 4.65. The van der Waals surface area contributed by atoms with Gasteiger partial charge in [0.1, 0.15) is 5.82 Å². The highest BCUT2D eigenvalue weighted by Crippen LogP contribution is 2.33. The highest BCUT2D eigenvalue weighted by atomic mass is 79.9. The van der Waals surface area contributed by atoms with Crippen LogP contribution in [0, 0.1) is 6.92 Å². The van der Waals surface area contributed by atoms with Crippen molar-refractivity contribution in [3.8, 4) is 0 Å². The Bertz CT molecular complexity index is 692. The number of aromatic nitrogens is 2. The number of aryl methyl sites for hydroxylation is 1. The van der Waals surface area contributed by atoms with Crippen LogP contribution in [0.3, 0.4) is 0 Å². The first-order valence-electron chi connectivity index (χ1n) is 5.51. The van der Waals surface area contributed by atoms with E-state index in [0.717, 1.165) is 11.6 Å². The Morgan fingerprint density at radius 1 is 1.14 bits per heavy atom. The van der Waals surface area contributed by atoms with Crippen LogP contribution in [0.5, 0.6) is 0 Å². The van der Waals surface area contributed by atoms with Gasteiger partial charge in [-0.1, -0.05) is 11.6 Å². The van der Waals surface area contributed by atoms with E-state index in [1.165, 1.54) is 0 Å². The largest absolute Gasteiger partial charge is 0.433 e. The number of alkyl halides is 3. The van der Waals surface area contributed by atoms with Gasteiger partial charge >= 0.3 is 6.18 Å². The summed E-state index contributed by atoms with van der Waals surface area (Å²) in [7, 11) is 0. The Labute approximate surface area is 136 Å². The molecule has 0 aliphatic rings. The smallest absolute Gasteiger partial charge is 0.339 e. The third-order valence-corrected chi connectivity index (χ3v) is 3.73. The van der Waals surface area contributed by atoms with E-state index in [1.807, 2.05) is 0 Å². The fourth-order valence-corrected chi connectivity index (χ4v) is 2.41. The number of hydrogen-bond donors (Lipinski definition) is 1. The fourth-order valence-electron chi connectivity index (χ4n) is 1.51. The average Bonchev–Trinajstić information content (AvgIpc) is 2.34. The zero-order valence-electron chi connectivity index (χ0n) is 10.4. The molecular formula is C12H7BrCl2F3N3. The maximum Gasteiger partial charge on any atom is 0.433 e. The maximum absolute atomic E-state index is 12.7. The molecule has 1 aromatic carbocycles. The minimum Gasteiger partial charge on any atom is -0.339 e. The van der Waals surface area contributed by atoms with E-state index < -0.39 is 17.2 Å². The number of benzene rings is 1. The highest BCUT2D eigenvalue weighted by molar-refractivity contribution is 9.10. The third kappa shape index (κ3) is 3.99. The first-order chi connectivity index (χ1) is 9.66. The lowest BCUT2D eigenvalue weighted by Crippen LogP contribution is -2.10. The second kappa shape index (κ2) is 5.98. The van der Waals surface area contributed by atoms with E-state index in [-0.39, 0.29) is 5.82 Å². The molecule has 0 spiro atoms. The van der Waals surface area contributed by atoms with Crippen LogP contribution >= 0.6 is 39.1 Å². The van der Waals surface area contributed by atoms with Crippen molar-refractivity contribution in [2.24, 2.45) is 0 Å². The summed E-state index contributed by atoms with van der Waals surface area (Å²) in [5.41, 5.74) is 0.165. The summed E-state index contributed by atoms with van der Waals surface area (Å²) in [6.45, 7) is 1.81. The maximum atomic E-state index is 12.7. The quantitative estimate of drug-likeness (QED) is 0.665. The van der Waals surface area contributed by atoms with Crippen molar-refractivity contribution >= 4 is 50.6 Å². The van der Waals surface area contributed by atoms with Crippen LogP contribution in [0.15, 0.2) is 22.7 Å². The van der Waals surface area contributed by atoms with E-state index in [9.17, 15) is 13.2 Å². The molecule has 2 rings (SSSR count). The number of anilines is 2. The molecule has 0 unspecified atom stereocenters. The standard InChI is InChI=1S/C12H7BrCl2F3N3/c1-5-2-6(13)8(3-7(5)14)19-10-4-9(12(16,17)18)20-11(15)21-10/h2-4H,1H3,(H,19,20,21). The summed E-state index contributed by atoms with van der Waals surface area (Å²) < 4.78 is 38.7. The summed E-state index contributed by atoms with van der Waals surface area (Å²) in [4.78, 5) is 6.87. The van der Waals surface area contributed by atoms with Gasteiger partial charge in [-0.3, -0.25) is 0 Å². The van der Waals surface area contributed by atoms with Gasteiger partial charge in [0.25, 0.3) is 0 Å². The Balaban J connectivity index is 2.40. The SMILES string of the molecule is Cc1cc(Br)c(Nc2cc(C(F)(F)F)nc(Cl)n2)cc1Cl. The van der Waals surface area contributed by atoms with Crippen molar-refractivity contribution in [2.75, 3.05) is 5.32 Å². The van der Waals surface area contributed by atoms with Crippen molar-refractivity contribution < 1.29 is 13.2 Å². The van der Waals surface area contributed by atoms with Crippen LogP contribution in [0.2, 0.25) is 10.3 Å². The summed E-state index contributed by atoms with van der Waals surface area (Å²) in [6, 6.07) is 4.08. The minimum atomic E-state index is -4.61. The highest BCUT2D eigenvalue weighted by Gasteiger charge is 2.33. The zero-order chi connectivity index (χ0) is 15.8. The van der Waals surface area contributed by atoms with Crippen LogP contribution in [0.25, 0.3) is 0 Å². The lowest BCUT2D eigenvalue weighted by atomic mass is 10.2. The fraction of sp³-hybridized carbons (Fsp3) is 0.167. The summed E-state index contributed by atoms with van der Waals surface area (Å²) in [5, 5.41) is 2.70. The average molecular weight is 401 g/mol. The van der Waals surface area contributed by atoms with Crippen molar-refractivity contribution in [3.05, 3.63) is 44.2 Å². The van der Waals surface area contributed by atoms with Crippen molar-refractivity contribution in [1.82, 2.24) is 9.97 Å². The normalized spacial score (nSPS) is 11.6. The van der Waals surface area contributed by atoms with Gasteiger partial charge < -0.3 is 5.32 Å². The van der Waals surface area contributed by atoms with Gasteiger partial charge in [-0.2, -0.15) is 13.2 Å². The monoisotopic (exact) mass is 399 g/mol. The number of hydrogen-bond acceptors (Lipinski definition) is 3. The third-order valence-electron chi connectivity index (χ3n) is 2.50. The molecule has 1 N–H and O–H groups in total. The Morgan fingerprint density at radius 2 is 1.81 bits per heavy atom. The van der Waals surface area contributed by atoms with Gasteiger partial charge in [-0.05, 0) is 52.2 Å². The van der Waals surface area contributed by atoms with Gasteiger partial charge in [0.2, 0.25) is 5.28 Å². The van der Waals surface area contributed by atoms with Crippen molar-refractivity contribution in [3.63, 3.8) is 0 Å². The zero-order valence-corrected chi connectivity index (χ0v) is 13.5. The molecular weight excluding hydrogens is 394 g/mol. The molecule has 0 saturated heterocycles. The lowest BCUT2D eigenvalue weighted by Gasteiger charge is -2.12. The van der Waals surface area contributed by atoms with Crippen LogP contribution < -0.4 is 5.32 Å². The van der Waals surface area contributed by atoms with Crippen LogP contribution in [0.4, 0.5) is 24.7 Å². The molecule has 2 aromatic rings. The topological polar surface area (TPSA) is 37.8 Å². The number of nitrogens with zero attached hydrogens (tertiary/aromatic N) is 2. The van der Waals surface area contributed by atoms with Crippen molar-refractivity contribution in [2.45, 2.75) is 13.1 Å². The van der Waals surface area contributed by atoms with Crippen molar-refractivity contribution in [1.29, 1.82) is 0 Å². The number of halogens is 6. The summed E-state index contributed by atoms with van der Waals surface area (Å²) in [6.07, 6.45) is -4.61. The molecule has 21 heavy (non-hydrogen) atoms. The molecule has 1 aromatic heterocycles. The molecule has 0 aliphatic heterocycles. The molecule has 0 atom stereocenters. The van der Waals surface area contributed by atoms with Gasteiger partial charge in [0.15, 0.2) is 5.69 Å². The lowest BCUT2D eigenvalue weighted by molar-refractivity contribution is -0.141. The molecule has 0 amide bonds. The Morgan fingerprint density at radius 3 is 2.43 bits per heavy atom. The van der Waals surface area contributed by atoms with Gasteiger partial charge in [0.05, 0.1) is 5.69 Å². The van der Waals surface area contributed by atoms with E-state index in [1.54, 1.807) is 19.1 Å². The van der Waals surface area contributed by atoms with Gasteiger partial charge in [-0.15, -0.1) is 0 Å². The second-order valence-electron chi connectivity index (χ2n) is 4.11. The van der Waals surface area contributed by atoms with E-state index >= 15 is 0 Å². The van der Waals surface area contributed by atoms with Gasteiger partial charge in [-0.25, -0.2) is 9.97 Å². The molecule has 0 fully saturated rings. The summed E-state index contributed by atoms with van der Waals surface area (Å²) >= 11 is 14.8. The van der Waals surface area contributed by atoms with Crippen LogP contribution in [-0.2, 0) is 6.18 Å². The number of nitrogens with one attached hydrogen (secondary N) is 1. The van der Waals surface area contributed by atoms with Crippen LogP contribution in [-0.4, -0.2) is 9.97 Å². The predicted octanol–water partition coefficient (Wildman–Crippen LogP) is 5.62. The molecule has 0 radical (unpaired) electrons. The number of rotatable bonds is 2. The summed E-state index contributed by atoms with van der Waals surface area (Å²) in [5.74, 6) is -0.0806. The molecule has 9 heteroatoms. The molecule has 0 aliphatic carbocycles. The first kappa shape index (κ1) is 16.3. The predicted molar refractivity (Wildman–Crippen MR) is 79.2 cm³/mol. The van der Waals surface area contributed by atoms with E-state index in [4.69, 9.17) is 23.2 Å². The first-order valence-corrected chi connectivity index (χ1v) is 7.06.